The number of hydrogen-bond acceptors (Lipinski definition) is 6. The highest BCUT2D eigenvalue weighted by molar-refractivity contribution is 5.81. The Labute approximate surface area is 167 Å². The molecule has 0 aliphatic rings. The lowest BCUT2D eigenvalue weighted by molar-refractivity contribution is 0.482. The average Bonchev–Trinajstić information content (AvgIpc) is 3.01. The molecule has 0 fully saturated rings. The molecule has 0 bridgehead atoms. The minimum Gasteiger partial charge on any atom is -0.457 e. The molecule has 0 saturated carbocycles. The molecule has 0 spiro atoms. The van der Waals surface area contributed by atoms with Crippen molar-refractivity contribution >= 4 is 17.0 Å². The molecule has 148 valence electrons. The summed E-state index contributed by atoms with van der Waals surface area (Å²) in [6.07, 6.45) is 0. The van der Waals surface area contributed by atoms with E-state index in [4.69, 9.17) is 10.5 Å². The molecule has 8 heteroatoms. The number of aromatic nitrogens is 4. The highest BCUT2D eigenvalue weighted by Gasteiger charge is 2.13. The van der Waals surface area contributed by atoms with Gasteiger partial charge in [0.1, 0.15) is 22.8 Å². The van der Waals surface area contributed by atoms with Gasteiger partial charge in [-0.2, -0.15) is 0 Å². The van der Waals surface area contributed by atoms with Crippen molar-refractivity contribution in [3.63, 3.8) is 0 Å². The maximum absolute atomic E-state index is 12.3. The number of hydrogen-bond donors (Lipinski definition) is 3. The van der Waals surface area contributed by atoms with Crippen LogP contribution in [0.5, 0.6) is 11.5 Å². The summed E-state index contributed by atoms with van der Waals surface area (Å²) in [6, 6.07) is 15.5. The maximum Gasteiger partial charge on any atom is 0.328 e. The molecule has 0 amide bonds. The Kier molecular flexibility index (Phi) is 5.01. The van der Waals surface area contributed by atoms with E-state index in [0.717, 1.165) is 23.6 Å². The Balaban J connectivity index is 1.52. The minimum atomic E-state index is -0.270. The number of H-pyrrole nitrogens is 1. The minimum absolute atomic E-state index is 0.270. The van der Waals surface area contributed by atoms with Gasteiger partial charge < -0.3 is 20.8 Å². The molecule has 0 atom stereocenters. The van der Waals surface area contributed by atoms with Crippen molar-refractivity contribution in [3.8, 4) is 11.5 Å². The molecule has 0 saturated heterocycles. The third-order valence-electron chi connectivity index (χ3n) is 4.57. The Morgan fingerprint density at radius 2 is 1.66 bits per heavy atom. The summed E-state index contributed by atoms with van der Waals surface area (Å²) in [5.41, 5.74) is 8.73. The van der Waals surface area contributed by atoms with Gasteiger partial charge >= 0.3 is 5.69 Å². The number of nitrogens with two attached hydrogens (primary N) is 1. The normalized spacial score (nSPS) is 11.1. The number of ether oxygens (including phenoxy) is 1. The van der Waals surface area contributed by atoms with Gasteiger partial charge in [-0.1, -0.05) is 24.3 Å². The van der Waals surface area contributed by atoms with Crippen LogP contribution >= 0.6 is 0 Å². The van der Waals surface area contributed by atoms with E-state index in [1.165, 1.54) is 5.56 Å². The molecule has 2 aromatic heterocycles. The van der Waals surface area contributed by atoms with E-state index in [1.807, 2.05) is 55.6 Å². The van der Waals surface area contributed by atoms with Gasteiger partial charge in [0.2, 0.25) is 0 Å². The number of benzene rings is 2. The number of fused-ring (bicyclic) bond motifs is 1. The molecule has 0 aliphatic heterocycles. The Morgan fingerprint density at radius 1 is 1.03 bits per heavy atom. The monoisotopic (exact) mass is 390 g/mol. The molecule has 0 radical (unpaired) electrons. The number of nitrogens with one attached hydrogen (secondary N) is 2. The van der Waals surface area contributed by atoms with E-state index in [0.29, 0.717) is 23.5 Å². The molecule has 2 heterocycles. The topological polar surface area (TPSA) is 111 Å². The van der Waals surface area contributed by atoms with Gasteiger partial charge in [-0.25, -0.2) is 14.8 Å². The van der Waals surface area contributed by atoms with Crippen molar-refractivity contribution in [2.24, 2.45) is 0 Å². The van der Waals surface area contributed by atoms with Crippen LogP contribution in [0.3, 0.4) is 0 Å². The van der Waals surface area contributed by atoms with Gasteiger partial charge in [0, 0.05) is 6.54 Å². The number of aromatic amines is 1. The van der Waals surface area contributed by atoms with Crippen molar-refractivity contribution in [1.29, 1.82) is 0 Å². The lowest BCUT2D eigenvalue weighted by atomic mass is 10.2. The van der Waals surface area contributed by atoms with E-state index >= 15 is 0 Å². The fourth-order valence-corrected chi connectivity index (χ4v) is 3.17. The summed E-state index contributed by atoms with van der Waals surface area (Å²) in [5.74, 6) is 2.29. The third-order valence-corrected chi connectivity index (χ3v) is 4.57. The van der Waals surface area contributed by atoms with Crippen LogP contribution in [0.15, 0.2) is 53.3 Å². The van der Waals surface area contributed by atoms with Gasteiger partial charge in [-0.3, -0.25) is 4.57 Å². The highest BCUT2D eigenvalue weighted by atomic mass is 16.5. The number of imidazole rings is 1. The van der Waals surface area contributed by atoms with Gasteiger partial charge in [-0.05, 0) is 49.4 Å². The fraction of sp³-hybridized carbons (Fsp3) is 0.190. The predicted molar refractivity (Wildman–Crippen MR) is 112 cm³/mol. The van der Waals surface area contributed by atoms with E-state index in [-0.39, 0.29) is 11.5 Å². The van der Waals surface area contributed by atoms with Crippen molar-refractivity contribution in [2.45, 2.75) is 20.0 Å². The lowest BCUT2D eigenvalue weighted by Crippen LogP contribution is -2.17. The number of aryl methyl sites for hydroxylation is 1. The van der Waals surface area contributed by atoms with Crippen LogP contribution in [-0.2, 0) is 13.1 Å². The van der Waals surface area contributed by atoms with Crippen molar-refractivity contribution < 1.29 is 4.74 Å². The maximum atomic E-state index is 12.3. The second kappa shape index (κ2) is 7.76. The summed E-state index contributed by atoms with van der Waals surface area (Å²) < 4.78 is 7.45. The third kappa shape index (κ3) is 3.97. The summed E-state index contributed by atoms with van der Waals surface area (Å²) in [5, 5.41) is 3.12. The lowest BCUT2D eigenvalue weighted by Gasteiger charge is -2.08. The molecule has 2 aromatic carbocycles. The molecule has 4 N–H and O–H groups in total. The smallest absolute Gasteiger partial charge is 0.328 e. The highest BCUT2D eigenvalue weighted by Crippen LogP contribution is 2.23. The SMILES string of the molecule is CNCc1ccc(Oc2ccc(Cn3c(=O)[nH]c4c(N)nc(C)nc43)cc2)cc1. The zero-order valence-corrected chi connectivity index (χ0v) is 16.3. The Hall–Kier alpha value is -3.65. The van der Waals surface area contributed by atoms with Crippen LogP contribution in [0.25, 0.3) is 11.2 Å². The molecular weight excluding hydrogens is 368 g/mol. The molecule has 29 heavy (non-hydrogen) atoms. The van der Waals surface area contributed by atoms with Crippen LogP contribution in [-0.4, -0.2) is 26.6 Å². The van der Waals surface area contributed by atoms with Crippen molar-refractivity contribution in [3.05, 3.63) is 76.0 Å². The zero-order chi connectivity index (χ0) is 20.4. The van der Waals surface area contributed by atoms with E-state index < -0.39 is 0 Å². The molecule has 0 aliphatic carbocycles. The first-order valence-corrected chi connectivity index (χ1v) is 9.26. The van der Waals surface area contributed by atoms with Crippen molar-refractivity contribution in [2.75, 3.05) is 12.8 Å². The second-order valence-corrected chi connectivity index (χ2v) is 6.79. The second-order valence-electron chi connectivity index (χ2n) is 6.79. The number of anilines is 1. The summed E-state index contributed by atoms with van der Waals surface area (Å²) in [4.78, 5) is 23.5. The quantitative estimate of drug-likeness (QED) is 0.467. The summed E-state index contributed by atoms with van der Waals surface area (Å²) in [7, 11) is 1.92. The molecule has 4 rings (SSSR count). The van der Waals surface area contributed by atoms with Gasteiger partial charge in [0.15, 0.2) is 11.5 Å². The number of rotatable bonds is 6. The van der Waals surface area contributed by atoms with Gasteiger partial charge in [0.25, 0.3) is 0 Å². The van der Waals surface area contributed by atoms with E-state index in [2.05, 4.69) is 20.3 Å². The van der Waals surface area contributed by atoms with Gasteiger partial charge in [-0.15, -0.1) is 0 Å². The van der Waals surface area contributed by atoms with E-state index in [9.17, 15) is 4.79 Å². The molecule has 0 unspecified atom stereocenters. The standard InChI is InChI=1S/C21H22N6O2/c1-13-24-19(22)18-20(25-13)27(21(28)26-18)12-15-5-9-17(10-6-15)29-16-7-3-14(4-8-16)11-23-2/h3-10,23H,11-12H2,1-2H3,(H,26,28)(H2,22,24,25). The summed E-state index contributed by atoms with van der Waals surface area (Å²) in [6.45, 7) is 2.93. The molecular formula is C21H22N6O2. The summed E-state index contributed by atoms with van der Waals surface area (Å²) >= 11 is 0. The average molecular weight is 390 g/mol. The fourth-order valence-electron chi connectivity index (χ4n) is 3.17. The van der Waals surface area contributed by atoms with E-state index in [1.54, 1.807) is 11.5 Å². The van der Waals surface area contributed by atoms with Crippen LogP contribution in [0, 0.1) is 6.92 Å². The van der Waals surface area contributed by atoms with Crippen LogP contribution < -0.4 is 21.5 Å². The zero-order valence-electron chi connectivity index (χ0n) is 16.3. The largest absolute Gasteiger partial charge is 0.457 e. The van der Waals surface area contributed by atoms with Crippen molar-refractivity contribution in [1.82, 2.24) is 24.8 Å². The van der Waals surface area contributed by atoms with Crippen LogP contribution in [0.2, 0.25) is 0 Å². The first-order chi connectivity index (χ1) is 14.0. The molecule has 4 aromatic rings. The Bertz CT molecular complexity index is 1190. The Morgan fingerprint density at radius 3 is 2.28 bits per heavy atom. The first kappa shape index (κ1) is 18.7. The predicted octanol–water partition coefficient (Wildman–Crippen LogP) is 2.57. The number of nitrogens with zero attached hydrogens (tertiary/aromatic N) is 3. The first-order valence-electron chi connectivity index (χ1n) is 9.26. The van der Waals surface area contributed by atoms with Gasteiger partial charge in [0.05, 0.1) is 6.54 Å². The van der Waals surface area contributed by atoms with Crippen LogP contribution in [0.1, 0.15) is 17.0 Å². The number of nitrogen functional groups attached to an aromatic ring is 1. The van der Waals surface area contributed by atoms with Crippen LogP contribution in [0.4, 0.5) is 5.82 Å². The molecule has 8 nitrogen and oxygen atoms in total.